The van der Waals surface area contributed by atoms with Crippen LogP contribution in [0.5, 0.6) is 0 Å². The summed E-state index contributed by atoms with van der Waals surface area (Å²) in [5.41, 5.74) is 0. The summed E-state index contributed by atoms with van der Waals surface area (Å²) in [4.78, 5) is 12.2. The van der Waals surface area contributed by atoms with Crippen LogP contribution in [-0.4, -0.2) is 41.9 Å². The highest BCUT2D eigenvalue weighted by Gasteiger charge is 2.24. The van der Waals surface area contributed by atoms with Gasteiger partial charge in [0, 0.05) is 6.42 Å². The molecule has 0 aromatic heterocycles. The van der Waals surface area contributed by atoms with Crippen molar-refractivity contribution in [2.75, 3.05) is 5.75 Å². The summed E-state index contributed by atoms with van der Waals surface area (Å²) in [6, 6.07) is -1.06. The average Bonchev–Trinajstić information content (AvgIpc) is 2.70. The van der Waals surface area contributed by atoms with Crippen LogP contribution in [0.2, 0.25) is 0 Å². The van der Waals surface area contributed by atoms with Gasteiger partial charge in [0.2, 0.25) is 5.91 Å². The summed E-state index contributed by atoms with van der Waals surface area (Å²) in [6.45, 7) is 4.34. The first-order valence-corrected chi connectivity index (χ1v) is 13.6. The van der Waals surface area contributed by atoms with E-state index in [-0.39, 0.29) is 12.3 Å². The number of aliphatic hydroxyl groups excluding tert-OH is 1. The summed E-state index contributed by atoms with van der Waals surface area (Å²) >= 11 is 0. The first-order chi connectivity index (χ1) is 14.8. The summed E-state index contributed by atoms with van der Waals surface area (Å²) in [6.07, 6.45) is 20.5. The number of amides is 1. The lowest BCUT2D eigenvalue weighted by molar-refractivity contribution is -0.122. The zero-order valence-electron chi connectivity index (χ0n) is 19.6. The minimum absolute atomic E-state index is 0.288. The van der Waals surface area contributed by atoms with Crippen molar-refractivity contribution in [1.29, 1.82) is 0 Å². The van der Waals surface area contributed by atoms with E-state index >= 15 is 0 Å². The van der Waals surface area contributed by atoms with Gasteiger partial charge in [0.25, 0.3) is 10.1 Å². The maximum Gasteiger partial charge on any atom is 0.267 e. The van der Waals surface area contributed by atoms with Crippen LogP contribution in [0, 0.1) is 0 Å². The molecule has 0 bridgehead atoms. The molecule has 0 rings (SSSR count). The Morgan fingerprint density at radius 2 is 1.39 bits per heavy atom. The lowest BCUT2D eigenvalue weighted by atomic mass is 10.1. The van der Waals surface area contributed by atoms with Gasteiger partial charge >= 0.3 is 0 Å². The Bertz CT molecular complexity index is 601. The van der Waals surface area contributed by atoms with E-state index in [2.05, 4.69) is 31.3 Å². The number of aliphatic hydroxyl groups is 1. The van der Waals surface area contributed by atoms with Gasteiger partial charge in [-0.25, -0.2) is 0 Å². The van der Waals surface area contributed by atoms with Crippen molar-refractivity contribution < 1.29 is 22.9 Å². The van der Waals surface area contributed by atoms with Crippen LogP contribution in [0.3, 0.4) is 0 Å². The molecule has 0 radical (unpaired) electrons. The fourth-order valence-electron chi connectivity index (χ4n) is 3.27. The number of unbranched alkanes of at least 4 members (excludes halogenated alkanes) is 10. The molecule has 0 aromatic carbocycles. The van der Waals surface area contributed by atoms with Crippen molar-refractivity contribution >= 4 is 16.0 Å². The Morgan fingerprint density at radius 3 is 2.00 bits per heavy atom. The maximum atomic E-state index is 12.2. The van der Waals surface area contributed by atoms with Gasteiger partial charge in [-0.05, 0) is 25.7 Å². The molecule has 1 amide bonds. The summed E-state index contributed by atoms with van der Waals surface area (Å²) in [5, 5.41) is 12.9. The number of hydrogen-bond donors (Lipinski definition) is 3. The molecule has 2 unspecified atom stereocenters. The highest BCUT2D eigenvalue weighted by molar-refractivity contribution is 7.85. The number of hydrogen-bond acceptors (Lipinski definition) is 4. The molecule has 7 heteroatoms. The molecule has 6 nitrogen and oxygen atoms in total. The zero-order chi connectivity index (χ0) is 23.4. The van der Waals surface area contributed by atoms with Gasteiger partial charge in [0.1, 0.15) is 0 Å². The molecule has 0 aliphatic rings. The van der Waals surface area contributed by atoms with E-state index in [1.807, 2.05) is 0 Å². The van der Waals surface area contributed by atoms with E-state index in [1.165, 1.54) is 44.6 Å². The highest BCUT2D eigenvalue weighted by atomic mass is 32.2. The first kappa shape index (κ1) is 29.8. The Hall–Kier alpha value is -1.18. The predicted molar refractivity (Wildman–Crippen MR) is 129 cm³/mol. The van der Waals surface area contributed by atoms with Crippen LogP contribution < -0.4 is 5.32 Å². The number of nitrogens with one attached hydrogen (secondary N) is 1. The van der Waals surface area contributed by atoms with Crippen LogP contribution in [0.15, 0.2) is 24.3 Å². The smallest absolute Gasteiger partial charge is 0.267 e. The Balaban J connectivity index is 4.34. The number of rotatable bonds is 20. The van der Waals surface area contributed by atoms with Gasteiger partial charge in [0.05, 0.1) is 17.9 Å². The molecule has 3 N–H and O–H groups in total. The van der Waals surface area contributed by atoms with E-state index in [9.17, 15) is 22.9 Å². The minimum Gasteiger partial charge on any atom is -0.387 e. The number of carbonyl (C=O) groups is 1. The third-order valence-electron chi connectivity index (χ3n) is 5.13. The molecular weight excluding hydrogens is 414 g/mol. The van der Waals surface area contributed by atoms with Gasteiger partial charge in [-0.2, -0.15) is 8.42 Å². The van der Waals surface area contributed by atoms with Crippen molar-refractivity contribution in [1.82, 2.24) is 5.32 Å². The second kappa shape index (κ2) is 19.5. The molecule has 0 heterocycles. The molecule has 0 saturated heterocycles. The fraction of sp³-hybridized carbons (Fsp3) is 0.792. The Kier molecular flexibility index (Phi) is 18.8. The third kappa shape index (κ3) is 20.5. The van der Waals surface area contributed by atoms with Crippen molar-refractivity contribution in [3.8, 4) is 0 Å². The van der Waals surface area contributed by atoms with Crippen molar-refractivity contribution in [2.45, 2.75) is 116 Å². The molecule has 0 fully saturated rings. The van der Waals surface area contributed by atoms with E-state index in [4.69, 9.17) is 0 Å². The predicted octanol–water partition coefficient (Wildman–Crippen LogP) is 5.33. The van der Waals surface area contributed by atoms with Crippen LogP contribution in [0.25, 0.3) is 0 Å². The number of carbonyl (C=O) groups excluding carboxylic acids is 1. The molecule has 0 spiro atoms. The molecule has 0 aromatic rings. The largest absolute Gasteiger partial charge is 0.387 e. The average molecular weight is 460 g/mol. The Labute approximate surface area is 190 Å². The van der Waals surface area contributed by atoms with Gasteiger partial charge in [-0.1, -0.05) is 95.9 Å². The second-order valence-electron chi connectivity index (χ2n) is 8.26. The Morgan fingerprint density at radius 1 is 0.839 bits per heavy atom. The van der Waals surface area contributed by atoms with E-state index in [0.29, 0.717) is 6.42 Å². The van der Waals surface area contributed by atoms with Crippen LogP contribution in [-0.2, 0) is 14.9 Å². The van der Waals surface area contributed by atoms with E-state index < -0.39 is 28.0 Å². The molecular formula is C24H45NO5S. The van der Waals surface area contributed by atoms with Crippen LogP contribution >= 0.6 is 0 Å². The van der Waals surface area contributed by atoms with Gasteiger partial charge in [-0.3, -0.25) is 9.35 Å². The van der Waals surface area contributed by atoms with Crippen LogP contribution in [0.1, 0.15) is 104 Å². The standard InChI is InChI=1S/C24H45NO5S/c1-3-5-7-9-11-13-15-17-19-23(26)22(21-31(28,29)30)25-24(27)20-18-16-14-12-10-8-6-4-2/h9,11,17,19,22-23,26H,3-8,10,12-16,18,20-21H2,1-2H3,(H,25,27)(H,28,29,30)/b11-9+,19-17+. The normalized spacial score (nSPS) is 14.3. The summed E-state index contributed by atoms with van der Waals surface area (Å²) in [7, 11) is -4.32. The van der Waals surface area contributed by atoms with Gasteiger partial charge in [-0.15, -0.1) is 0 Å². The lowest BCUT2D eigenvalue weighted by Crippen LogP contribution is -2.46. The topological polar surface area (TPSA) is 104 Å². The first-order valence-electron chi connectivity index (χ1n) is 12.0. The number of allylic oxidation sites excluding steroid dienone is 3. The van der Waals surface area contributed by atoms with E-state index in [1.54, 1.807) is 6.08 Å². The fourth-order valence-corrected chi connectivity index (χ4v) is 4.01. The molecule has 2 atom stereocenters. The van der Waals surface area contributed by atoms with E-state index in [0.717, 1.165) is 38.5 Å². The minimum atomic E-state index is -4.32. The highest BCUT2D eigenvalue weighted by Crippen LogP contribution is 2.10. The lowest BCUT2D eigenvalue weighted by Gasteiger charge is -2.21. The molecule has 31 heavy (non-hydrogen) atoms. The molecule has 182 valence electrons. The monoisotopic (exact) mass is 459 g/mol. The van der Waals surface area contributed by atoms with Crippen molar-refractivity contribution in [2.24, 2.45) is 0 Å². The quantitative estimate of drug-likeness (QED) is 0.130. The molecule has 0 aliphatic heterocycles. The van der Waals surface area contributed by atoms with Crippen LogP contribution in [0.4, 0.5) is 0 Å². The van der Waals surface area contributed by atoms with Crippen molar-refractivity contribution in [3.05, 3.63) is 24.3 Å². The SMILES string of the molecule is CCCC/C=C/CC/C=C/C(O)C(CS(=O)(=O)O)NC(=O)CCCCCCCCCC. The second-order valence-corrected chi connectivity index (χ2v) is 9.75. The molecule has 0 saturated carbocycles. The summed E-state index contributed by atoms with van der Waals surface area (Å²) in [5.74, 6) is -1.01. The summed E-state index contributed by atoms with van der Waals surface area (Å²) < 4.78 is 31.8. The van der Waals surface area contributed by atoms with Gasteiger partial charge < -0.3 is 10.4 Å². The zero-order valence-corrected chi connectivity index (χ0v) is 20.4. The third-order valence-corrected chi connectivity index (χ3v) is 5.91. The molecule has 0 aliphatic carbocycles. The van der Waals surface area contributed by atoms with Gasteiger partial charge in [0.15, 0.2) is 0 Å². The maximum absolute atomic E-state index is 12.2. The van der Waals surface area contributed by atoms with Crippen molar-refractivity contribution in [3.63, 3.8) is 0 Å².